The van der Waals surface area contributed by atoms with Crippen molar-refractivity contribution in [1.82, 2.24) is 4.57 Å². The molecular formula is C21H23N3O2S. The SMILES string of the molecule is Cc1csc(=O)n1CC(=O)N(c1ccc(Nc2ccccc2)cc1)C(C)C. The Hall–Kier alpha value is -2.86. The van der Waals surface area contributed by atoms with Crippen LogP contribution in [0.15, 0.2) is 64.8 Å². The summed E-state index contributed by atoms with van der Waals surface area (Å²) in [5.41, 5.74) is 3.58. The first-order valence-corrected chi connectivity index (χ1v) is 9.73. The highest BCUT2D eigenvalue weighted by Gasteiger charge is 2.20. The van der Waals surface area contributed by atoms with Gasteiger partial charge in [0.05, 0.1) is 0 Å². The minimum absolute atomic E-state index is 0.0138. The zero-order valence-electron chi connectivity index (χ0n) is 15.7. The third-order valence-corrected chi connectivity index (χ3v) is 5.14. The fourth-order valence-corrected chi connectivity index (χ4v) is 3.67. The Bertz CT molecular complexity index is 959. The zero-order chi connectivity index (χ0) is 19.4. The summed E-state index contributed by atoms with van der Waals surface area (Å²) < 4.78 is 1.52. The fraction of sp³-hybridized carbons (Fsp3) is 0.238. The second-order valence-electron chi connectivity index (χ2n) is 6.62. The van der Waals surface area contributed by atoms with Gasteiger partial charge in [0.2, 0.25) is 5.91 Å². The number of rotatable bonds is 6. The standard InChI is InChI=1S/C21H23N3O2S/c1-15(2)24(20(25)13-23-16(3)14-27-21(23)26)19-11-9-18(10-12-19)22-17-7-5-4-6-8-17/h4-12,14-15,22H,13H2,1-3H3. The lowest BCUT2D eigenvalue weighted by atomic mass is 10.2. The molecule has 2 aromatic carbocycles. The van der Waals surface area contributed by atoms with Gasteiger partial charge in [0.25, 0.3) is 0 Å². The van der Waals surface area contributed by atoms with Crippen molar-refractivity contribution < 1.29 is 4.79 Å². The molecule has 0 aliphatic heterocycles. The number of nitrogens with one attached hydrogen (secondary N) is 1. The summed E-state index contributed by atoms with van der Waals surface area (Å²) in [7, 11) is 0. The zero-order valence-corrected chi connectivity index (χ0v) is 16.5. The number of carbonyl (C=O) groups excluding carboxylic acids is 1. The molecule has 1 heterocycles. The van der Waals surface area contributed by atoms with Gasteiger partial charge in [-0.15, -0.1) is 0 Å². The molecule has 0 unspecified atom stereocenters. The fourth-order valence-electron chi connectivity index (χ4n) is 2.93. The minimum Gasteiger partial charge on any atom is -0.356 e. The molecule has 0 radical (unpaired) electrons. The predicted molar refractivity (Wildman–Crippen MR) is 112 cm³/mol. The van der Waals surface area contributed by atoms with Gasteiger partial charge in [-0.2, -0.15) is 0 Å². The summed E-state index contributed by atoms with van der Waals surface area (Å²) in [6.45, 7) is 5.83. The Morgan fingerprint density at radius 3 is 2.26 bits per heavy atom. The first kappa shape index (κ1) is 18.9. The van der Waals surface area contributed by atoms with Gasteiger partial charge in [0, 0.05) is 34.2 Å². The molecule has 140 valence electrons. The molecular weight excluding hydrogens is 358 g/mol. The first-order valence-electron chi connectivity index (χ1n) is 8.85. The maximum Gasteiger partial charge on any atom is 0.307 e. The Balaban J connectivity index is 1.78. The van der Waals surface area contributed by atoms with E-state index in [1.54, 1.807) is 10.3 Å². The number of hydrogen-bond donors (Lipinski definition) is 1. The van der Waals surface area contributed by atoms with Crippen molar-refractivity contribution in [3.63, 3.8) is 0 Å². The number of hydrogen-bond acceptors (Lipinski definition) is 4. The van der Waals surface area contributed by atoms with E-state index in [0.717, 1.165) is 34.1 Å². The number of thiazole rings is 1. The van der Waals surface area contributed by atoms with E-state index in [0.29, 0.717) is 0 Å². The van der Waals surface area contributed by atoms with E-state index < -0.39 is 0 Å². The van der Waals surface area contributed by atoms with E-state index in [1.807, 2.05) is 75.4 Å². The molecule has 0 spiro atoms. The molecule has 27 heavy (non-hydrogen) atoms. The van der Waals surface area contributed by atoms with Crippen LogP contribution in [0.2, 0.25) is 0 Å². The number of benzene rings is 2. The molecule has 0 aliphatic rings. The van der Waals surface area contributed by atoms with E-state index in [9.17, 15) is 9.59 Å². The normalized spacial score (nSPS) is 10.8. The molecule has 1 N–H and O–H groups in total. The van der Waals surface area contributed by atoms with E-state index in [1.165, 1.54) is 4.57 Å². The molecule has 1 amide bonds. The average Bonchev–Trinajstić information content (AvgIpc) is 2.96. The number of anilines is 3. The van der Waals surface area contributed by atoms with Crippen molar-refractivity contribution in [1.29, 1.82) is 0 Å². The molecule has 0 saturated heterocycles. The van der Waals surface area contributed by atoms with Gasteiger partial charge in [0.1, 0.15) is 6.54 Å². The topological polar surface area (TPSA) is 54.3 Å². The van der Waals surface area contributed by atoms with Crippen molar-refractivity contribution in [2.45, 2.75) is 33.4 Å². The molecule has 0 atom stereocenters. The highest BCUT2D eigenvalue weighted by atomic mass is 32.1. The van der Waals surface area contributed by atoms with Crippen LogP contribution in [0.4, 0.5) is 17.1 Å². The van der Waals surface area contributed by atoms with E-state index >= 15 is 0 Å². The van der Waals surface area contributed by atoms with E-state index in [2.05, 4.69) is 5.32 Å². The van der Waals surface area contributed by atoms with Crippen molar-refractivity contribution in [3.05, 3.63) is 75.3 Å². The van der Waals surface area contributed by atoms with Crippen LogP contribution in [0.3, 0.4) is 0 Å². The number of amides is 1. The second kappa shape index (κ2) is 8.22. The number of para-hydroxylation sites is 1. The number of aromatic nitrogens is 1. The van der Waals surface area contributed by atoms with Crippen molar-refractivity contribution in [3.8, 4) is 0 Å². The molecule has 0 saturated carbocycles. The van der Waals surface area contributed by atoms with Crippen molar-refractivity contribution in [2.24, 2.45) is 0 Å². The van der Waals surface area contributed by atoms with Crippen LogP contribution < -0.4 is 15.1 Å². The summed E-state index contributed by atoms with van der Waals surface area (Å²) in [6, 6.07) is 17.7. The van der Waals surface area contributed by atoms with Crippen LogP contribution in [0, 0.1) is 6.92 Å². The molecule has 3 aromatic rings. The number of carbonyl (C=O) groups is 1. The van der Waals surface area contributed by atoms with Gasteiger partial charge < -0.3 is 10.2 Å². The molecule has 0 aliphatic carbocycles. The first-order chi connectivity index (χ1) is 13.0. The van der Waals surface area contributed by atoms with Gasteiger partial charge >= 0.3 is 4.87 Å². The van der Waals surface area contributed by atoms with Gasteiger partial charge in [-0.1, -0.05) is 29.5 Å². The summed E-state index contributed by atoms with van der Waals surface area (Å²) >= 11 is 1.12. The predicted octanol–water partition coefficient (Wildman–Crippen LogP) is 4.40. The Morgan fingerprint density at radius 2 is 1.70 bits per heavy atom. The van der Waals surface area contributed by atoms with Crippen LogP contribution in [0.25, 0.3) is 0 Å². The highest BCUT2D eigenvalue weighted by Crippen LogP contribution is 2.23. The molecule has 5 nitrogen and oxygen atoms in total. The second-order valence-corrected chi connectivity index (χ2v) is 7.45. The van der Waals surface area contributed by atoms with Crippen LogP contribution in [0.5, 0.6) is 0 Å². The molecule has 6 heteroatoms. The van der Waals surface area contributed by atoms with Crippen LogP contribution >= 0.6 is 11.3 Å². The quantitative estimate of drug-likeness (QED) is 0.688. The summed E-state index contributed by atoms with van der Waals surface area (Å²) in [5.74, 6) is -0.0997. The van der Waals surface area contributed by atoms with Gasteiger partial charge in [-0.25, -0.2) is 0 Å². The molecule has 1 aromatic heterocycles. The third kappa shape index (κ3) is 4.46. The molecule has 0 bridgehead atoms. The average molecular weight is 382 g/mol. The van der Waals surface area contributed by atoms with Gasteiger partial charge in [-0.05, 0) is 57.2 Å². The van der Waals surface area contributed by atoms with Crippen molar-refractivity contribution in [2.75, 3.05) is 10.2 Å². The summed E-state index contributed by atoms with van der Waals surface area (Å²) in [6.07, 6.45) is 0. The van der Waals surface area contributed by atoms with Crippen molar-refractivity contribution >= 4 is 34.3 Å². The van der Waals surface area contributed by atoms with E-state index in [-0.39, 0.29) is 23.4 Å². The minimum atomic E-state index is -0.105. The van der Waals surface area contributed by atoms with Crippen LogP contribution in [-0.2, 0) is 11.3 Å². The number of nitrogens with zero attached hydrogens (tertiary/aromatic N) is 2. The maximum atomic E-state index is 12.9. The maximum absolute atomic E-state index is 12.9. The Kier molecular flexibility index (Phi) is 5.76. The lowest BCUT2D eigenvalue weighted by Gasteiger charge is -2.27. The third-order valence-electron chi connectivity index (χ3n) is 4.26. The lowest BCUT2D eigenvalue weighted by molar-refractivity contribution is -0.119. The highest BCUT2D eigenvalue weighted by molar-refractivity contribution is 7.07. The monoisotopic (exact) mass is 381 g/mol. The Labute approximate surface area is 162 Å². The van der Waals surface area contributed by atoms with Crippen LogP contribution in [-0.4, -0.2) is 16.5 Å². The van der Waals surface area contributed by atoms with Gasteiger partial charge in [0.15, 0.2) is 0 Å². The summed E-state index contributed by atoms with van der Waals surface area (Å²) in [4.78, 5) is 26.4. The largest absolute Gasteiger partial charge is 0.356 e. The summed E-state index contributed by atoms with van der Waals surface area (Å²) in [5, 5.41) is 5.11. The smallest absolute Gasteiger partial charge is 0.307 e. The lowest BCUT2D eigenvalue weighted by Crippen LogP contribution is -2.40. The molecule has 3 rings (SSSR count). The number of aryl methyl sites for hydroxylation is 1. The van der Waals surface area contributed by atoms with Crippen LogP contribution in [0.1, 0.15) is 19.5 Å². The van der Waals surface area contributed by atoms with E-state index in [4.69, 9.17) is 0 Å². The Morgan fingerprint density at radius 1 is 1.07 bits per heavy atom. The van der Waals surface area contributed by atoms with Gasteiger partial charge in [-0.3, -0.25) is 14.2 Å². The molecule has 0 fully saturated rings.